The maximum atomic E-state index is 13.2. The van der Waals surface area contributed by atoms with E-state index in [1.807, 2.05) is 0 Å². The molecular weight excluding hydrogens is 511 g/mol. The average molecular weight is 532 g/mol. The van der Waals surface area contributed by atoms with Gasteiger partial charge >= 0.3 is 6.18 Å². The Hall–Kier alpha value is -2.48. The summed E-state index contributed by atoms with van der Waals surface area (Å²) in [6.45, 7) is 0.933. The van der Waals surface area contributed by atoms with Gasteiger partial charge in [-0.25, -0.2) is 21.8 Å². The van der Waals surface area contributed by atoms with Gasteiger partial charge in [0.15, 0.2) is 0 Å². The average Bonchev–Trinajstić information content (AvgIpc) is 3.19. The fourth-order valence-electron chi connectivity index (χ4n) is 3.54. The van der Waals surface area contributed by atoms with Crippen LogP contribution in [0.15, 0.2) is 74.1 Å². The van der Waals surface area contributed by atoms with E-state index < -0.39 is 31.6 Å². The van der Waals surface area contributed by atoms with E-state index in [2.05, 4.69) is 4.98 Å². The van der Waals surface area contributed by atoms with Crippen LogP contribution in [0.1, 0.15) is 12.0 Å². The Kier molecular flexibility index (Phi) is 6.73. The number of anilines is 1. The summed E-state index contributed by atoms with van der Waals surface area (Å²) in [4.78, 5) is 5.60. The zero-order valence-corrected chi connectivity index (χ0v) is 20.1. The van der Waals surface area contributed by atoms with Crippen LogP contribution in [-0.4, -0.2) is 52.3 Å². The number of aromatic nitrogens is 1. The largest absolute Gasteiger partial charge is 0.417 e. The molecule has 7 nitrogen and oxygen atoms in total. The van der Waals surface area contributed by atoms with Crippen molar-refractivity contribution in [3.8, 4) is 0 Å². The lowest BCUT2D eigenvalue weighted by Crippen LogP contribution is -2.35. The van der Waals surface area contributed by atoms with Crippen molar-refractivity contribution in [3.63, 3.8) is 0 Å². The van der Waals surface area contributed by atoms with Crippen LogP contribution in [0.25, 0.3) is 0 Å². The summed E-state index contributed by atoms with van der Waals surface area (Å²) in [7, 11) is -7.79. The minimum absolute atomic E-state index is 0.0752. The van der Waals surface area contributed by atoms with E-state index in [4.69, 9.17) is 0 Å². The lowest BCUT2D eigenvalue weighted by atomic mass is 10.2. The van der Waals surface area contributed by atoms with E-state index in [0.29, 0.717) is 18.8 Å². The second kappa shape index (κ2) is 9.29. The molecule has 0 atom stereocenters. The smallest absolute Gasteiger partial charge is 0.355 e. The molecule has 0 N–H and O–H groups in total. The molecule has 1 aliphatic rings. The molecular formula is C21H20F3N3O4S3. The molecule has 0 unspecified atom stereocenters. The van der Waals surface area contributed by atoms with Gasteiger partial charge in [-0.2, -0.15) is 17.5 Å². The van der Waals surface area contributed by atoms with Crippen molar-refractivity contribution in [1.82, 2.24) is 9.29 Å². The number of benzene rings is 1. The molecule has 1 saturated heterocycles. The second-order valence-electron chi connectivity index (χ2n) is 7.57. The molecule has 1 fully saturated rings. The zero-order valence-electron chi connectivity index (χ0n) is 17.6. The standard InChI is InChI=1S/C21H20F3N3O4S3/c22-21(23,24)16-7-8-19(25-14-16)26-9-4-10-27(12-11-26)34(30,31)20-13-18(15-32-20)33(28,29)17-5-2-1-3-6-17/h1-3,5-8,13-15H,4,9-12H2. The number of alkyl halides is 3. The number of sulfone groups is 1. The van der Waals surface area contributed by atoms with Gasteiger partial charge in [0, 0.05) is 37.8 Å². The normalized spacial score (nSPS) is 16.4. The summed E-state index contributed by atoms with van der Waals surface area (Å²) in [5, 5.41) is 1.31. The quantitative estimate of drug-likeness (QED) is 0.497. The molecule has 0 bridgehead atoms. The van der Waals surface area contributed by atoms with Gasteiger partial charge in [0.1, 0.15) is 10.0 Å². The Morgan fingerprint density at radius 1 is 0.882 bits per heavy atom. The molecule has 0 saturated carbocycles. The number of pyridine rings is 1. The highest BCUT2D eigenvalue weighted by molar-refractivity contribution is 7.92. The van der Waals surface area contributed by atoms with Crippen LogP contribution < -0.4 is 4.90 Å². The van der Waals surface area contributed by atoms with Crippen LogP contribution in [0, 0.1) is 0 Å². The molecule has 13 heteroatoms. The molecule has 0 amide bonds. The van der Waals surface area contributed by atoms with Gasteiger partial charge in [-0.15, -0.1) is 11.3 Å². The lowest BCUT2D eigenvalue weighted by molar-refractivity contribution is -0.137. The topological polar surface area (TPSA) is 87.6 Å². The summed E-state index contributed by atoms with van der Waals surface area (Å²) >= 11 is 0.838. The minimum Gasteiger partial charge on any atom is -0.355 e. The van der Waals surface area contributed by atoms with Crippen LogP contribution in [0.4, 0.5) is 19.0 Å². The second-order valence-corrected chi connectivity index (χ2v) is 12.6. The van der Waals surface area contributed by atoms with Crippen molar-refractivity contribution in [1.29, 1.82) is 0 Å². The van der Waals surface area contributed by atoms with Crippen molar-refractivity contribution in [2.75, 3.05) is 31.1 Å². The summed E-state index contributed by atoms with van der Waals surface area (Å²) in [6.07, 6.45) is -3.29. The lowest BCUT2D eigenvalue weighted by Gasteiger charge is -2.22. The van der Waals surface area contributed by atoms with E-state index in [1.54, 1.807) is 23.1 Å². The van der Waals surface area contributed by atoms with Crippen LogP contribution >= 0.6 is 11.3 Å². The molecule has 3 aromatic rings. The zero-order chi connectivity index (χ0) is 24.6. The summed E-state index contributed by atoms with van der Waals surface area (Å²) in [6, 6.07) is 11.1. The first-order valence-electron chi connectivity index (χ1n) is 10.2. The Morgan fingerprint density at radius 2 is 1.62 bits per heavy atom. The highest BCUT2D eigenvalue weighted by Crippen LogP contribution is 2.32. The van der Waals surface area contributed by atoms with E-state index in [-0.39, 0.29) is 33.6 Å². The molecule has 1 aromatic carbocycles. The number of hydrogen-bond donors (Lipinski definition) is 0. The van der Waals surface area contributed by atoms with Gasteiger partial charge in [-0.05, 0) is 36.8 Å². The minimum atomic E-state index is -4.48. The first-order chi connectivity index (χ1) is 16.0. The first-order valence-corrected chi connectivity index (χ1v) is 14.0. The van der Waals surface area contributed by atoms with Gasteiger partial charge in [0.05, 0.1) is 15.4 Å². The molecule has 2 aromatic heterocycles. The first kappa shape index (κ1) is 24.6. The Morgan fingerprint density at radius 3 is 2.26 bits per heavy atom. The van der Waals surface area contributed by atoms with Crippen LogP contribution in [0.5, 0.6) is 0 Å². The summed E-state index contributed by atoms with van der Waals surface area (Å²) in [5.74, 6) is 0.333. The summed E-state index contributed by atoms with van der Waals surface area (Å²) in [5.41, 5.74) is -0.853. The maximum Gasteiger partial charge on any atom is 0.417 e. The fraction of sp³-hybridized carbons (Fsp3) is 0.286. The number of sulfonamides is 1. The highest BCUT2D eigenvalue weighted by atomic mass is 32.2. The van der Waals surface area contributed by atoms with Crippen LogP contribution in [0.2, 0.25) is 0 Å². The van der Waals surface area contributed by atoms with Gasteiger partial charge < -0.3 is 4.90 Å². The van der Waals surface area contributed by atoms with E-state index in [1.165, 1.54) is 34.0 Å². The molecule has 0 aliphatic carbocycles. The molecule has 34 heavy (non-hydrogen) atoms. The number of hydrogen-bond acceptors (Lipinski definition) is 7. The predicted molar refractivity (Wildman–Crippen MR) is 121 cm³/mol. The molecule has 0 radical (unpaired) electrons. The number of nitrogens with zero attached hydrogens (tertiary/aromatic N) is 3. The van der Waals surface area contributed by atoms with Crippen molar-refractivity contribution in [2.45, 2.75) is 26.6 Å². The molecule has 182 valence electrons. The monoisotopic (exact) mass is 531 g/mol. The molecule has 3 heterocycles. The molecule has 1 aliphatic heterocycles. The van der Waals surface area contributed by atoms with E-state index in [0.717, 1.165) is 23.6 Å². The van der Waals surface area contributed by atoms with Gasteiger partial charge in [0.25, 0.3) is 10.0 Å². The number of rotatable bonds is 5. The summed E-state index contributed by atoms with van der Waals surface area (Å²) < 4.78 is 91.5. The van der Waals surface area contributed by atoms with E-state index in [9.17, 15) is 30.0 Å². The maximum absolute atomic E-state index is 13.2. The molecule has 0 spiro atoms. The van der Waals surface area contributed by atoms with Gasteiger partial charge in [0.2, 0.25) is 9.84 Å². The highest BCUT2D eigenvalue weighted by Gasteiger charge is 2.32. The van der Waals surface area contributed by atoms with Gasteiger partial charge in [-0.3, -0.25) is 0 Å². The Balaban J connectivity index is 1.50. The van der Waals surface area contributed by atoms with Gasteiger partial charge in [-0.1, -0.05) is 18.2 Å². The van der Waals surface area contributed by atoms with Crippen molar-refractivity contribution < 1.29 is 30.0 Å². The van der Waals surface area contributed by atoms with Crippen molar-refractivity contribution in [3.05, 3.63) is 65.7 Å². The third-order valence-electron chi connectivity index (χ3n) is 5.36. The predicted octanol–water partition coefficient (Wildman–Crippen LogP) is 3.90. The third-order valence-corrected chi connectivity index (χ3v) is 10.6. The third kappa shape index (κ3) is 4.97. The van der Waals surface area contributed by atoms with Crippen molar-refractivity contribution >= 4 is 37.0 Å². The van der Waals surface area contributed by atoms with Crippen LogP contribution in [0.3, 0.4) is 0 Å². The van der Waals surface area contributed by atoms with Crippen LogP contribution in [-0.2, 0) is 26.0 Å². The Labute approximate surface area is 199 Å². The fourth-order valence-corrected chi connectivity index (χ4v) is 8.07. The number of halogens is 3. The molecule has 4 rings (SSSR count). The van der Waals surface area contributed by atoms with Crippen molar-refractivity contribution in [2.24, 2.45) is 0 Å². The number of thiophene rings is 1. The Bertz CT molecular complexity index is 1360. The van der Waals surface area contributed by atoms with E-state index >= 15 is 0 Å². The SMILES string of the molecule is O=S(=O)(c1ccccc1)c1csc(S(=O)(=O)N2CCCN(c3ccc(C(F)(F)F)cn3)CC2)c1.